The molecular weight excluding hydrogens is 456 g/mol. The van der Waals surface area contributed by atoms with E-state index in [9.17, 15) is 8.42 Å². The SMILES string of the molecule is CC(C)O[C@@H](c1ncc(Cl)cn1)[C@H](C)S(=O)(=O)Nc1nnc([C@@H]2CC[C@H](C)O2)n1C1CC1. The Hall–Kier alpha value is -1.82. The average Bonchev–Trinajstić information content (AvgIpc) is 3.35. The van der Waals surface area contributed by atoms with Gasteiger partial charge < -0.3 is 9.47 Å². The highest BCUT2D eigenvalue weighted by molar-refractivity contribution is 7.93. The molecular formula is C20H29ClN6O4S. The minimum Gasteiger partial charge on any atom is -0.367 e. The molecule has 0 spiro atoms. The normalized spacial score (nSPS) is 23.4. The summed E-state index contributed by atoms with van der Waals surface area (Å²) in [5.74, 6) is 1.13. The molecule has 32 heavy (non-hydrogen) atoms. The second-order valence-electron chi connectivity index (χ2n) is 8.71. The molecule has 2 aromatic rings. The van der Waals surface area contributed by atoms with Crippen LogP contribution in [0.2, 0.25) is 5.02 Å². The van der Waals surface area contributed by atoms with Gasteiger partial charge in [0.1, 0.15) is 17.5 Å². The van der Waals surface area contributed by atoms with Crippen molar-refractivity contribution in [2.45, 2.75) is 89.1 Å². The Kier molecular flexibility index (Phi) is 6.71. The maximum absolute atomic E-state index is 13.4. The van der Waals surface area contributed by atoms with Gasteiger partial charge in [0.15, 0.2) is 11.6 Å². The third kappa shape index (κ3) is 5.05. The van der Waals surface area contributed by atoms with Crippen molar-refractivity contribution in [3.8, 4) is 0 Å². The smallest absolute Gasteiger partial charge is 0.240 e. The number of aromatic nitrogens is 5. The maximum Gasteiger partial charge on any atom is 0.240 e. The van der Waals surface area contributed by atoms with Crippen LogP contribution in [-0.2, 0) is 19.5 Å². The van der Waals surface area contributed by atoms with E-state index in [4.69, 9.17) is 21.1 Å². The second kappa shape index (κ2) is 9.20. The first kappa shape index (κ1) is 23.3. The molecule has 10 nitrogen and oxygen atoms in total. The predicted octanol–water partition coefficient (Wildman–Crippen LogP) is 3.59. The monoisotopic (exact) mass is 484 g/mol. The van der Waals surface area contributed by atoms with Crippen molar-refractivity contribution in [1.82, 2.24) is 24.7 Å². The zero-order valence-electron chi connectivity index (χ0n) is 18.6. The quantitative estimate of drug-likeness (QED) is 0.573. The Morgan fingerprint density at radius 1 is 1.16 bits per heavy atom. The molecule has 3 heterocycles. The molecule has 1 N–H and O–H groups in total. The molecule has 4 rings (SSSR count). The van der Waals surface area contributed by atoms with E-state index in [1.165, 1.54) is 12.4 Å². The molecule has 0 amide bonds. The number of sulfonamides is 1. The average molecular weight is 485 g/mol. The Bertz CT molecular complexity index is 1040. The van der Waals surface area contributed by atoms with Crippen LogP contribution in [0.5, 0.6) is 0 Å². The zero-order valence-corrected chi connectivity index (χ0v) is 20.2. The summed E-state index contributed by atoms with van der Waals surface area (Å²) < 4.78 is 43.1. The predicted molar refractivity (Wildman–Crippen MR) is 119 cm³/mol. The summed E-state index contributed by atoms with van der Waals surface area (Å²) in [7, 11) is -3.92. The number of nitrogens with zero attached hydrogens (tertiary/aromatic N) is 5. The summed E-state index contributed by atoms with van der Waals surface area (Å²) in [5.41, 5.74) is 0. The highest BCUT2D eigenvalue weighted by atomic mass is 35.5. The minimum atomic E-state index is -3.92. The number of rotatable bonds is 9. The minimum absolute atomic E-state index is 0.151. The number of hydrogen-bond donors (Lipinski definition) is 1. The van der Waals surface area contributed by atoms with Crippen molar-refractivity contribution in [2.24, 2.45) is 0 Å². The van der Waals surface area contributed by atoms with Crippen molar-refractivity contribution in [3.63, 3.8) is 0 Å². The van der Waals surface area contributed by atoms with Crippen molar-refractivity contribution in [3.05, 3.63) is 29.1 Å². The molecule has 2 aliphatic rings. The Balaban J connectivity index is 1.60. The summed E-state index contributed by atoms with van der Waals surface area (Å²) in [6, 6.07) is 0.176. The first-order valence-corrected chi connectivity index (χ1v) is 12.8. The van der Waals surface area contributed by atoms with Crippen molar-refractivity contribution >= 4 is 27.6 Å². The first-order chi connectivity index (χ1) is 15.2. The highest BCUT2D eigenvalue weighted by Gasteiger charge is 2.39. The Morgan fingerprint density at radius 3 is 2.41 bits per heavy atom. The molecule has 12 heteroatoms. The summed E-state index contributed by atoms with van der Waals surface area (Å²) in [5, 5.41) is 7.82. The molecule has 2 fully saturated rings. The molecule has 1 aliphatic heterocycles. The van der Waals surface area contributed by atoms with Crippen LogP contribution < -0.4 is 4.72 Å². The number of anilines is 1. The lowest BCUT2D eigenvalue weighted by molar-refractivity contribution is 0.00154. The number of hydrogen-bond acceptors (Lipinski definition) is 8. The number of nitrogens with one attached hydrogen (secondary N) is 1. The van der Waals surface area contributed by atoms with Crippen LogP contribution in [0.4, 0.5) is 5.95 Å². The Labute approximate surface area is 193 Å². The zero-order chi connectivity index (χ0) is 23.0. The van der Waals surface area contributed by atoms with E-state index < -0.39 is 21.4 Å². The fourth-order valence-corrected chi connectivity index (χ4v) is 4.99. The molecule has 1 aliphatic carbocycles. The van der Waals surface area contributed by atoms with Crippen molar-refractivity contribution in [2.75, 3.05) is 4.72 Å². The topological polar surface area (TPSA) is 121 Å². The fourth-order valence-electron chi connectivity index (χ4n) is 3.80. The summed E-state index contributed by atoms with van der Waals surface area (Å²) in [6.07, 6.45) is 5.39. The van der Waals surface area contributed by atoms with Crippen LogP contribution in [0.3, 0.4) is 0 Å². The van der Waals surface area contributed by atoms with E-state index in [0.717, 1.165) is 25.7 Å². The van der Waals surface area contributed by atoms with Gasteiger partial charge in [-0.25, -0.2) is 18.4 Å². The third-order valence-electron chi connectivity index (χ3n) is 5.62. The third-order valence-corrected chi connectivity index (χ3v) is 7.51. The van der Waals surface area contributed by atoms with E-state index in [1.54, 1.807) is 6.92 Å². The van der Waals surface area contributed by atoms with Gasteiger partial charge >= 0.3 is 0 Å². The molecule has 1 saturated carbocycles. The lowest BCUT2D eigenvalue weighted by atomic mass is 10.2. The van der Waals surface area contributed by atoms with E-state index in [2.05, 4.69) is 24.9 Å². The second-order valence-corrected chi connectivity index (χ2v) is 11.2. The number of ether oxygens (including phenoxy) is 2. The van der Waals surface area contributed by atoms with Gasteiger partial charge in [0, 0.05) is 18.4 Å². The van der Waals surface area contributed by atoms with Gasteiger partial charge in [-0.1, -0.05) is 11.6 Å². The lowest BCUT2D eigenvalue weighted by Crippen LogP contribution is -2.35. The van der Waals surface area contributed by atoms with Crippen LogP contribution in [0.25, 0.3) is 0 Å². The molecule has 1 saturated heterocycles. The van der Waals surface area contributed by atoms with Crippen LogP contribution in [0.15, 0.2) is 12.4 Å². The maximum atomic E-state index is 13.4. The van der Waals surface area contributed by atoms with Gasteiger partial charge in [-0.05, 0) is 53.4 Å². The van der Waals surface area contributed by atoms with Gasteiger partial charge in [-0.15, -0.1) is 10.2 Å². The molecule has 0 aromatic carbocycles. The highest BCUT2D eigenvalue weighted by Crippen LogP contribution is 2.42. The number of halogens is 1. The molecule has 0 radical (unpaired) electrons. The molecule has 0 bridgehead atoms. The largest absolute Gasteiger partial charge is 0.367 e. The molecule has 4 atom stereocenters. The van der Waals surface area contributed by atoms with E-state index in [0.29, 0.717) is 10.8 Å². The first-order valence-electron chi connectivity index (χ1n) is 10.9. The summed E-state index contributed by atoms with van der Waals surface area (Å²) in [6.45, 7) is 7.24. The van der Waals surface area contributed by atoms with Gasteiger partial charge in [0.05, 0.1) is 17.2 Å². The van der Waals surface area contributed by atoms with E-state index in [1.807, 2.05) is 25.3 Å². The summed E-state index contributed by atoms with van der Waals surface area (Å²) >= 11 is 5.89. The van der Waals surface area contributed by atoms with Crippen LogP contribution in [0, 0.1) is 0 Å². The summed E-state index contributed by atoms with van der Waals surface area (Å²) in [4.78, 5) is 8.37. The van der Waals surface area contributed by atoms with Crippen LogP contribution in [-0.4, -0.2) is 50.6 Å². The molecule has 0 unspecified atom stereocenters. The van der Waals surface area contributed by atoms with Gasteiger partial charge in [-0.3, -0.25) is 9.29 Å². The van der Waals surface area contributed by atoms with Gasteiger partial charge in [0.25, 0.3) is 0 Å². The van der Waals surface area contributed by atoms with Gasteiger partial charge in [0.2, 0.25) is 16.0 Å². The van der Waals surface area contributed by atoms with Crippen molar-refractivity contribution < 1.29 is 17.9 Å². The van der Waals surface area contributed by atoms with Gasteiger partial charge in [-0.2, -0.15) is 0 Å². The Morgan fingerprint density at radius 2 is 1.84 bits per heavy atom. The van der Waals surface area contributed by atoms with E-state index in [-0.39, 0.29) is 36.1 Å². The molecule has 2 aromatic heterocycles. The van der Waals surface area contributed by atoms with Crippen molar-refractivity contribution in [1.29, 1.82) is 0 Å². The van der Waals surface area contributed by atoms with E-state index >= 15 is 0 Å². The van der Waals surface area contributed by atoms with Crippen LogP contribution in [0.1, 0.15) is 83.3 Å². The lowest BCUT2D eigenvalue weighted by Gasteiger charge is -2.25. The molecule has 176 valence electrons. The fraction of sp³-hybridized carbons (Fsp3) is 0.700. The standard InChI is InChI=1S/C20H29ClN6O4S/c1-11(2)30-17(18-22-9-14(21)10-23-18)13(4)32(28,29)26-20-25-24-19(27(20)15-6-7-15)16-8-5-12(3)31-16/h9-13,15-17H,5-8H2,1-4H3,(H,25,26)/t12-,13-,16-,17+/m0/s1. The van der Waals surface area contributed by atoms with Crippen LogP contribution >= 0.6 is 11.6 Å².